The van der Waals surface area contributed by atoms with Gasteiger partial charge < -0.3 is 19.3 Å². The lowest BCUT2D eigenvalue weighted by atomic mass is 10.1. The van der Waals surface area contributed by atoms with Crippen molar-refractivity contribution < 1.29 is 23.2 Å². The molecule has 0 bridgehead atoms. The second kappa shape index (κ2) is 10.9. The third-order valence-corrected chi connectivity index (χ3v) is 7.64. The molecule has 4 heterocycles. The van der Waals surface area contributed by atoms with Crippen molar-refractivity contribution in [2.75, 3.05) is 50.1 Å². The predicted octanol–water partition coefficient (Wildman–Crippen LogP) is 5.76. The number of thiazole rings is 1. The van der Waals surface area contributed by atoms with Gasteiger partial charge in [-0.05, 0) is 44.2 Å². The van der Waals surface area contributed by atoms with Crippen LogP contribution in [0.5, 0.6) is 5.75 Å². The zero-order valence-electron chi connectivity index (χ0n) is 22.1. The molecule has 6 rings (SSSR count). The van der Waals surface area contributed by atoms with Crippen LogP contribution in [-0.2, 0) is 10.4 Å². The van der Waals surface area contributed by atoms with Crippen LogP contribution in [0.2, 0.25) is 0 Å². The maximum atomic E-state index is 14.0. The van der Waals surface area contributed by atoms with Gasteiger partial charge in [-0.1, -0.05) is 28.6 Å². The SMILES string of the molecule is CC(C)(F)c1cc(NC(=O)Nc2ccc(-c3cn4c(n3)sc3cc(OCCN5CCOCC5)ccc34)cc2)no1. The minimum Gasteiger partial charge on any atom is -0.492 e. The van der Waals surface area contributed by atoms with Crippen LogP contribution in [0, 0.1) is 0 Å². The molecule has 1 aliphatic rings. The van der Waals surface area contributed by atoms with Gasteiger partial charge in [0.1, 0.15) is 12.4 Å². The summed E-state index contributed by atoms with van der Waals surface area (Å²) in [7, 11) is 0. The van der Waals surface area contributed by atoms with Crippen LogP contribution in [0.3, 0.4) is 0 Å². The van der Waals surface area contributed by atoms with Crippen LogP contribution in [0.15, 0.2) is 59.3 Å². The number of morpholine rings is 1. The lowest BCUT2D eigenvalue weighted by molar-refractivity contribution is 0.0322. The highest BCUT2D eigenvalue weighted by Gasteiger charge is 2.25. The summed E-state index contributed by atoms with van der Waals surface area (Å²) in [4.78, 5) is 20.4. The quantitative estimate of drug-likeness (QED) is 0.247. The van der Waals surface area contributed by atoms with Gasteiger partial charge in [0.25, 0.3) is 0 Å². The van der Waals surface area contributed by atoms with Crippen molar-refractivity contribution in [3.63, 3.8) is 0 Å². The van der Waals surface area contributed by atoms with Crippen molar-refractivity contribution in [1.82, 2.24) is 19.4 Å². The summed E-state index contributed by atoms with van der Waals surface area (Å²) in [5.41, 5.74) is 1.72. The Hall–Kier alpha value is -4.00. The highest BCUT2D eigenvalue weighted by Crippen LogP contribution is 2.32. The number of hydrogen-bond acceptors (Lipinski definition) is 8. The molecule has 10 nitrogen and oxygen atoms in total. The van der Waals surface area contributed by atoms with E-state index in [0.29, 0.717) is 12.3 Å². The number of amides is 2. The molecule has 0 unspecified atom stereocenters. The van der Waals surface area contributed by atoms with E-state index in [2.05, 4.69) is 37.2 Å². The largest absolute Gasteiger partial charge is 0.492 e. The Balaban J connectivity index is 1.08. The average molecular weight is 565 g/mol. The van der Waals surface area contributed by atoms with Crippen molar-refractivity contribution in [2.45, 2.75) is 19.5 Å². The number of anilines is 2. The van der Waals surface area contributed by atoms with E-state index in [1.165, 1.54) is 19.9 Å². The number of urea groups is 1. The fourth-order valence-electron chi connectivity index (χ4n) is 4.44. The fraction of sp³-hybridized carbons (Fsp3) is 0.321. The van der Waals surface area contributed by atoms with E-state index in [4.69, 9.17) is 19.0 Å². The summed E-state index contributed by atoms with van der Waals surface area (Å²) >= 11 is 1.61. The molecule has 2 N–H and O–H groups in total. The number of ether oxygens (including phenoxy) is 2. The highest BCUT2D eigenvalue weighted by molar-refractivity contribution is 7.23. The minimum absolute atomic E-state index is 0.0353. The van der Waals surface area contributed by atoms with Crippen molar-refractivity contribution in [1.29, 1.82) is 0 Å². The average Bonchev–Trinajstić information content (AvgIpc) is 3.64. The molecule has 40 heavy (non-hydrogen) atoms. The summed E-state index contributed by atoms with van der Waals surface area (Å²) in [5, 5.41) is 8.95. The molecule has 208 valence electrons. The molecule has 0 aliphatic carbocycles. The lowest BCUT2D eigenvalue weighted by Gasteiger charge is -2.26. The molecule has 3 aromatic heterocycles. The van der Waals surface area contributed by atoms with Crippen molar-refractivity contribution in [3.8, 4) is 17.0 Å². The van der Waals surface area contributed by atoms with E-state index in [1.807, 2.05) is 24.4 Å². The summed E-state index contributed by atoms with van der Waals surface area (Å²) in [5.74, 6) is 1.02. The number of imidazole rings is 1. The number of nitrogens with one attached hydrogen (secondary N) is 2. The normalized spacial score (nSPS) is 14.6. The molecule has 1 aliphatic heterocycles. The first-order valence-electron chi connectivity index (χ1n) is 13.0. The van der Waals surface area contributed by atoms with E-state index in [9.17, 15) is 9.18 Å². The van der Waals surface area contributed by atoms with Gasteiger partial charge in [0.05, 0.1) is 29.1 Å². The van der Waals surface area contributed by atoms with Gasteiger partial charge in [0.15, 0.2) is 22.2 Å². The predicted molar refractivity (Wildman–Crippen MR) is 152 cm³/mol. The Bertz CT molecular complexity index is 1630. The van der Waals surface area contributed by atoms with Crippen molar-refractivity contribution in [3.05, 3.63) is 60.5 Å². The van der Waals surface area contributed by atoms with Crippen molar-refractivity contribution >= 4 is 44.1 Å². The van der Waals surface area contributed by atoms with E-state index in [-0.39, 0.29) is 11.6 Å². The molecule has 2 aromatic carbocycles. The van der Waals surface area contributed by atoms with Gasteiger partial charge in [-0.15, -0.1) is 0 Å². The first kappa shape index (κ1) is 26.2. The summed E-state index contributed by atoms with van der Waals surface area (Å²) in [6.07, 6.45) is 2.01. The second-order valence-corrected chi connectivity index (χ2v) is 11.0. The maximum absolute atomic E-state index is 14.0. The smallest absolute Gasteiger partial charge is 0.324 e. The zero-order chi connectivity index (χ0) is 27.7. The Morgan fingerprint density at radius 2 is 1.93 bits per heavy atom. The number of halogens is 1. The standard InChI is InChI=1S/C28H29FN6O4S/c1-28(2,29)24-16-25(33-39-24)32-26(36)30-19-5-3-18(4-6-19)21-17-35-22-8-7-20(15-23(22)40-27(35)31-21)38-14-11-34-9-12-37-13-10-34/h3-8,15-17H,9-14H2,1-2H3,(H2,30,32,33,36). The van der Waals surface area contributed by atoms with E-state index < -0.39 is 11.7 Å². The number of hydrogen-bond donors (Lipinski definition) is 2. The van der Waals surface area contributed by atoms with Crippen LogP contribution < -0.4 is 15.4 Å². The topological polar surface area (TPSA) is 106 Å². The molecule has 12 heteroatoms. The third kappa shape index (κ3) is 5.79. The molecular weight excluding hydrogens is 535 g/mol. The third-order valence-electron chi connectivity index (χ3n) is 6.62. The fourth-order valence-corrected chi connectivity index (χ4v) is 5.48. The number of aromatic nitrogens is 3. The molecule has 0 saturated carbocycles. The van der Waals surface area contributed by atoms with Crippen molar-refractivity contribution in [2.24, 2.45) is 0 Å². The van der Waals surface area contributed by atoms with Gasteiger partial charge in [-0.2, -0.15) is 0 Å². The van der Waals surface area contributed by atoms with Gasteiger partial charge in [0.2, 0.25) is 0 Å². The number of carbonyl (C=O) groups is 1. The zero-order valence-corrected chi connectivity index (χ0v) is 23.0. The molecule has 1 fully saturated rings. The monoisotopic (exact) mass is 564 g/mol. The second-order valence-electron chi connectivity index (χ2n) is 10.0. The molecule has 0 atom stereocenters. The van der Waals surface area contributed by atoms with Crippen LogP contribution in [0.4, 0.5) is 20.7 Å². The van der Waals surface area contributed by atoms with Gasteiger partial charge in [-0.3, -0.25) is 14.6 Å². The van der Waals surface area contributed by atoms with E-state index in [1.54, 1.807) is 23.5 Å². The van der Waals surface area contributed by atoms with Crippen LogP contribution in [0.25, 0.3) is 26.4 Å². The molecule has 2 amide bonds. The lowest BCUT2D eigenvalue weighted by Crippen LogP contribution is -2.38. The van der Waals surface area contributed by atoms with Crippen LogP contribution >= 0.6 is 11.3 Å². The molecule has 1 saturated heterocycles. The number of alkyl halides is 1. The first-order valence-corrected chi connectivity index (χ1v) is 13.8. The Morgan fingerprint density at radius 1 is 1.12 bits per heavy atom. The van der Waals surface area contributed by atoms with Gasteiger partial charge in [0, 0.05) is 43.1 Å². The number of fused-ring (bicyclic) bond motifs is 3. The highest BCUT2D eigenvalue weighted by atomic mass is 32.1. The maximum Gasteiger partial charge on any atom is 0.324 e. The van der Waals surface area contributed by atoms with Gasteiger partial charge in [-0.25, -0.2) is 14.2 Å². The molecular formula is C28H29FN6O4S. The minimum atomic E-state index is -1.69. The molecule has 0 spiro atoms. The first-order chi connectivity index (χ1) is 19.3. The Kier molecular flexibility index (Phi) is 7.13. The summed E-state index contributed by atoms with van der Waals surface area (Å²) in [6, 6.07) is 14.3. The Morgan fingerprint density at radius 3 is 2.67 bits per heavy atom. The molecule has 0 radical (unpaired) electrons. The van der Waals surface area contributed by atoms with E-state index in [0.717, 1.165) is 65.0 Å². The number of nitrogens with zero attached hydrogens (tertiary/aromatic N) is 4. The number of benzene rings is 2. The van der Waals surface area contributed by atoms with Gasteiger partial charge >= 0.3 is 6.03 Å². The van der Waals surface area contributed by atoms with Crippen LogP contribution in [-0.4, -0.2) is 64.9 Å². The number of rotatable bonds is 8. The van der Waals surface area contributed by atoms with E-state index >= 15 is 0 Å². The summed E-state index contributed by atoms with van der Waals surface area (Å²) < 4.78 is 33.5. The molecule has 5 aromatic rings. The van der Waals surface area contributed by atoms with Crippen LogP contribution in [0.1, 0.15) is 19.6 Å². The summed E-state index contributed by atoms with van der Waals surface area (Å²) in [6.45, 7) is 7.71. The number of carbonyl (C=O) groups excluding carboxylic acids is 1. The Labute approximate surface area is 233 Å².